The van der Waals surface area contributed by atoms with E-state index in [2.05, 4.69) is 5.32 Å². The van der Waals surface area contributed by atoms with Crippen LogP contribution >= 0.6 is 0 Å². The lowest BCUT2D eigenvalue weighted by atomic mass is 10.00. The lowest BCUT2D eigenvalue weighted by Gasteiger charge is -2.34. The van der Waals surface area contributed by atoms with E-state index < -0.39 is 23.5 Å². The minimum absolute atomic E-state index is 0.299. The Bertz CT molecular complexity index is 610. The van der Waals surface area contributed by atoms with Crippen molar-refractivity contribution in [3.63, 3.8) is 0 Å². The third kappa shape index (κ3) is 2.69. The second-order valence-corrected chi connectivity index (χ2v) is 4.96. The molecule has 1 aliphatic heterocycles. The maximum atomic E-state index is 14.2. The lowest BCUT2D eigenvalue weighted by Crippen LogP contribution is -2.45. The minimum atomic E-state index is -1.16. The highest BCUT2D eigenvalue weighted by Crippen LogP contribution is 2.33. The number of furan rings is 1. The Labute approximate surface area is 120 Å². The monoisotopic (exact) mass is 296 g/mol. The van der Waals surface area contributed by atoms with E-state index in [0.29, 0.717) is 31.9 Å². The first-order chi connectivity index (χ1) is 10.2. The van der Waals surface area contributed by atoms with Gasteiger partial charge in [0.1, 0.15) is 11.6 Å². The first-order valence-electron chi connectivity index (χ1n) is 6.80. The van der Waals surface area contributed by atoms with Crippen LogP contribution in [0.1, 0.15) is 17.4 Å². The molecule has 0 saturated carbocycles. The standard InChI is InChI=1S/C15H15F3N2O/c16-10-3-4-11(17)14(18)13(10)15(12-2-1-9-21-12)20-7-5-19-6-8-20/h1-4,9,15,19H,5-8H2/t15-/m1/s1. The number of hydrogen-bond donors (Lipinski definition) is 1. The second kappa shape index (κ2) is 5.91. The molecule has 0 unspecified atom stereocenters. The van der Waals surface area contributed by atoms with Crippen LogP contribution in [0.5, 0.6) is 0 Å². The Kier molecular flexibility index (Phi) is 3.98. The fourth-order valence-electron chi connectivity index (χ4n) is 2.69. The van der Waals surface area contributed by atoms with Crippen LogP contribution in [-0.2, 0) is 0 Å². The fraction of sp³-hybridized carbons (Fsp3) is 0.333. The SMILES string of the molecule is Fc1ccc(F)c([C@@H](c2ccco2)N2CCNCC2)c1F. The molecule has 1 aromatic heterocycles. The van der Waals surface area contributed by atoms with Crippen LogP contribution in [0, 0.1) is 17.5 Å². The first-order valence-corrected chi connectivity index (χ1v) is 6.80. The molecule has 21 heavy (non-hydrogen) atoms. The summed E-state index contributed by atoms with van der Waals surface area (Å²) in [6.45, 7) is 2.60. The van der Waals surface area contributed by atoms with Gasteiger partial charge < -0.3 is 9.73 Å². The van der Waals surface area contributed by atoms with Gasteiger partial charge in [-0.15, -0.1) is 0 Å². The predicted molar refractivity (Wildman–Crippen MR) is 71.3 cm³/mol. The number of nitrogens with zero attached hydrogens (tertiary/aromatic N) is 1. The van der Waals surface area contributed by atoms with Crippen LogP contribution < -0.4 is 5.32 Å². The van der Waals surface area contributed by atoms with Crippen LogP contribution in [0.4, 0.5) is 13.2 Å². The topological polar surface area (TPSA) is 28.4 Å². The smallest absolute Gasteiger partial charge is 0.167 e. The molecule has 6 heteroatoms. The van der Waals surface area contributed by atoms with Crippen molar-refractivity contribution in [2.24, 2.45) is 0 Å². The third-order valence-corrected chi connectivity index (χ3v) is 3.68. The summed E-state index contributed by atoms with van der Waals surface area (Å²) in [5.74, 6) is -2.58. The van der Waals surface area contributed by atoms with E-state index >= 15 is 0 Å². The molecule has 0 radical (unpaired) electrons. The minimum Gasteiger partial charge on any atom is -0.467 e. The molecule has 0 aliphatic carbocycles. The van der Waals surface area contributed by atoms with Crippen LogP contribution in [0.3, 0.4) is 0 Å². The fourth-order valence-corrected chi connectivity index (χ4v) is 2.69. The van der Waals surface area contributed by atoms with Crippen molar-refractivity contribution < 1.29 is 17.6 Å². The summed E-state index contributed by atoms with van der Waals surface area (Å²) in [6, 6.07) is 4.28. The third-order valence-electron chi connectivity index (χ3n) is 3.68. The molecule has 0 bridgehead atoms. The molecular formula is C15H15F3N2O. The summed E-state index contributed by atoms with van der Waals surface area (Å²) in [5, 5.41) is 3.17. The summed E-state index contributed by atoms with van der Waals surface area (Å²) < 4.78 is 47.2. The van der Waals surface area contributed by atoms with E-state index in [1.165, 1.54) is 6.26 Å². The average molecular weight is 296 g/mol. The largest absolute Gasteiger partial charge is 0.467 e. The normalized spacial score (nSPS) is 17.9. The average Bonchev–Trinajstić information content (AvgIpc) is 3.02. The summed E-state index contributed by atoms with van der Waals surface area (Å²) >= 11 is 0. The number of hydrogen-bond acceptors (Lipinski definition) is 3. The number of rotatable bonds is 3. The molecule has 1 saturated heterocycles. The summed E-state index contributed by atoms with van der Waals surface area (Å²) in [5.41, 5.74) is -0.299. The molecule has 3 rings (SSSR count). The van der Waals surface area contributed by atoms with Gasteiger partial charge in [0.2, 0.25) is 0 Å². The maximum Gasteiger partial charge on any atom is 0.167 e. The van der Waals surface area contributed by atoms with Crippen molar-refractivity contribution in [1.29, 1.82) is 0 Å². The van der Waals surface area contributed by atoms with Gasteiger partial charge in [0.05, 0.1) is 17.9 Å². The molecule has 2 aromatic rings. The first kappa shape index (κ1) is 14.2. The molecule has 3 nitrogen and oxygen atoms in total. The van der Waals surface area contributed by atoms with Gasteiger partial charge in [0, 0.05) is 26.2 Å². The number of nitrogens with one attached hydrogen (secondary N) is 1. The molecule has 0 amide bonds. The molecular weight excluding hydrogens is 281 g/mol. The number of piperazine rings is 1. The molecule has 1 atom stereocenters. The Morgan fingerprint density at radius 2 is 1.76 bits per heavy atom. The van der Waals surface area contributed by atoms with Gasteiger partial charge in [-0.25, -0.2) is 13.2 Å². The molecule has 1 fully saturated rings. The molecule has 2 heterocycles. The van der Waals surface area contributed by atoms with Crippen LogP contribution in [-0.4, -0.2) is 31.1 Å². The molecule has 1 aliphatic rings. The zero-order valence-electron chi connectivity index (χ0n) is 11.3. The Hall–Kier alpha value is -1.79. The number of halogens is 3. The van der Waals surface area contributed by atoms with Gasteiger partial charge in [-0.05, 0) is 24.3 Å². The maximum absolute atomic E-state index is 14.2. The van der Waals surface area contributed by atoms with Crippen molar-refractivity contribution in [3.8, 4) is 0 Å². The van der Waals surface area contributed by atoms with Crippen molar-refractivity contribution in [2.45, 2.75) is 6.04 Å². The summed E-state index contributed by atoms with van der Waals surface area (Å²) in [7, 11) is 0. The predicted octanol–water partition coefficient (Wildman–Crippen LogP) is 2.69. The Morgan fingerprint density at radius 1 is 1.05 bits per heavy atom. The van der Waals surface area contributed by atoms with Gasteiger partial charge in [0.15, 0.2) is 11.6 Å². The van der Waals surface area contributed by atoms with E-state index in [1.807, 2.05) is 4.90 Å². The summed E-state index contributed by atoms with van der Waals surface area (Å²) in [6.07, 6.45) is 1.44. The van der Waals surface area contributed by atoms with Crippen molar-refractivity contribution in [1.82, 2.24) is 10.2 Å². The highest BCUT2D eigenvalue weighted by atomic mass is 19.2. The van der Waals surface area contributed by atoms with Gasteiger partial charge >= 0.3 is 0 Å². The quantitative estimate of drug-likeness (QED) is 0.883. The van der Waals surface area contributed by atoms with Gasteiger partial charge in [-0.2, -0.15) is 0 Å². The molecule has 112 valence electrons. The van der Waals surface area contributed by atoms with Crippen LogP contribution in [0.25, 0.3) is 0 Å². The van der Waals surface area contributed by atoms with E-state index in [1.54, 1.807) is 12.1 Å². The molecule has 1 aromatic carbocycles. The van der Waals surface area contributed by atoms with Gasteiger partial charge in [0.25, 0.3) is 0 Å². The highest BCUT2D eigenvalue weighted by Gasteiger charge is 2.32. The van der Waals surface area contributed by atoms with E-state index in [0.717, 1.165) is 12.1 Å². The number of benzene rings is 1. The molecule has 0 spiro atoms. The van der Waals surface area contributed by atoms with E-state index in [-0.39, 0.29) is 5.56 Å². The molecule has 1 N–H and O–H groups in total. The van der Waals surface area contributed by atoms with E-state index in [4.69, 9.17) is 4.42 Å². The Balaban J connectivity index is 2.09. The van der Waals surface area contributed by atoms with Crippen LogP contribution in [0.15, 0.2) is 34.9 Å². The zero-order valence-corrected chi connectivity index (χ0v) is 11.3. The lowest BCUT2D eigenvalue weighted by molar-refractivity contribution is 0.173. The van der Waals surface area contributed by atoms with Crippen molar-refractivity contribution in [3.05, 3.63) is 59.3 Å². The Morgan fingerprint density at radius 3 is 2.43 bits per heavy atom. The van der Waals surface area contributed by atoms with Gasteiger partial charge in [-0.3, -0.25) is 4.90 Å². The summed E-state index contributed by atoms with van der Waals surface area (Å²) in [4.78, 5) is 1.89. The van der Waals surface area contributed by atoms with Gasteiger partial charge in [-0.1, -0.05) is 0 Å². The van der Waals surface area contributed by atoms with Crippen molar-refractivity contribution >= 4 is 0 Å². The van der Waals surface area contributed by atoms with E-state index in [9.17, 15) is 13.2 Å². The highest BCUT2D eigenvalue weighted by molar-refractivity contribution is 5.30. The van der Waals surface area contributed by atoms with Crippen molar-refractivity contribution in [2.75, 3.05) is 26.2 Å². The second-order valence-electron chi connectivity index (χ2n) is 4.96. The zero-order chi connectivity index (χ0) is 14.8. The van der Waals surface area contributed by atoms with Crippen LogP contribution in [0.2, 0.25) is 0 Å².